The Balaban J connectivity index is 2.95. The first-order valence-electron chi connectivity index (χ1n) is 4.84. The average Bonchev–Trinajstić information content (AvgIpc) is 2.20. The molecule has 0 aliphatic carbocycles. The summed E-state index contributed by atoms with van der Waals surface area (Å²) in [4.78, 5) is 11.6. The van der Waals surface area contributed by atoms with Gasteiger partial charge in [0.2, 0.25) is 0 Å². The van der Waals surface area contributed by atoms with Crippen molar-refractivity contribution in [1.29, 1.82) is 0 Å². The van der Waals surface area contributed by atoms with E-state index < -0.39 is 5.97 Å². The fourth-order valence-corrected chi connectivity index (χ4v) is 2.07. The zero-order chi connectivity index (χ0) is 11.4. The maximum Gasteiger partial charge on any atom is 0.335 e. The topological polar surface area (TPSA) is 63.3 Å². The summed E-state index contributed by atoms with van der Waals surface area (Å²) in [6, 6.07) is 4.81. The smallest absolute Gasteiger partial charge is 0.335 e. The van der Waals surface area contributed by atoms with Gasteiger partial charge in [0.25, 0.3) is 0 Å². The van der Waals surface area contributed by atoms with Crippen LogP contribution >= 0.6 is 11.8 Å². The molecule has 0 spiro atoms. The number of hydrogen-bond donors (Lipinski definition) is 2. The SMILES string of the molecule is CCC(C)Sc1cc(C(=O)O)ccc1N. The van der Waals surface area contributed by atoms with Crippen molar-refractivity contribution >= 4 is 23.4 Å². The van der Waals surface area contributed by atoms with Crippen molar-refractivity contribution in [3.8, 4) is 0 Å². The van der Waals surface area contributed by atoms with Gasteiger partial charge >= 0.3 is 5.97 Å². The van der Waals surface area contributed by atoms with E-state index in [0.717, 1.165) is 11.3 Å². The normalized spacial score (nSPS) is 12.4. The van der Waals surface area contributed by atoms with Crippen molar-refractivity contribution in [3.05, 3.63) is 23.8 Å². The number of carboxylic acids is 1. The van der Waals surface area contributed by atoms with Gasteiger partial charge in [0.05, 0.1) is 5.56 Å². The number of carboxylic acid groups (broad SMARTS) is 1. The van der Waals surface area contributed by atoms with Crippen molar-refractivity contribution in [3.63, 3.8) is 0 Å². The van der Waals surface area contributed by atoms with Gasteiger partial charge in [-0.05, 0) is 24.6 Å². The van der Waals surface area contributed by atoms with E-state index in [1.165, 1.54) is 6.07 Å². The van der Waals surface area contributed by atoms with E-state index >= 15 is 0 Å². The number of thioether (sulfide) groups is 1. The predicted molar refractivity (Wildman–Crippen MR) is 63.4 cm³/mol. The Morgan fingerprint density at radius 3 is 2.80 bits per heavy atom. The predicted octanol–water partition coefficient (Wildman–Crippen LogP) is 2.86. The zero-order valence-corrected chi connectivity index (χ0v) is 9.67. The summed E-state index contributed by atoms with van der Waals surface area (Å²) >= 11 is 1.61. The van der Waals surface area contributed by atoms with E-state index in [9.17, 15) is 4.79 Å². The number of nitrogens with two attached hydrogens (primary N) is 1. The van der Waals surface area contributed by atoms with E-state index in [1.807, 2.05) is 0 Å². The second-order valence-corrected chi connectivity index (χ2v) is 4.87. The fourth-order valence-electron chi connectivity index (χ4n) is 1.07. The van der Waals surface area contributed by atoms with Crippen molar-refractivity contribution in [2.45, 2.75) is 30.4 Å². The Labute approximate surface area is 93.7 Å². The van der Waals surface area contributed by atoms with Gasteiger partial charge in [-0.15, -0.1) is 11.8 Å². The minimum atomic E-state index is -0.916. The van der Waals surface area contributed by atoms with Crippen LogP contribution in [0.15, 0.2) is 23.1 Å². The molecule has 3 nitrogen and oxygen atoms in total. The Morgan fingerprint density at radius 2 is 2.27 bits per heavy atom. The largest absolute Gasteiger partial charge is 0.478 e. The molecule has 1 unspecified atom stereocenters. The first-order valence-corrected chi connectivity index (χ1v) is 5.72. The van der Waals surface area contributed by atoms with E-state index in [-0.39, 0.29) is 5.56 Å². The van der Waals surface area contributed by atoms with Gasteiger partial charge in [-0.1, -0.05) is 13.8 Å². The molecule has 1 aromatic carbocycles. The number of rotatable bonds is 4. The van der Waals surface area contributed by atoms with Crippen LogP contribution in [0.2, 0.25) is 0 Å². The summed E-state index contributed by atoms with van der Waals surface area (Å²) in [6.07, 6.45) is 1.03. The molecule has 0 amide bonds. The second-order valence-electron chi connectivity index (χ2n) is 3.39. The van der Waals surface area contributed by atoms with E-state index in [2.05, 4.69) is 13.8 Å². The zero-order valence-electron chi connectivity index (χ0n) is 8.86. The molecule has 0 saturated heterocycles. The third-order valence-corrected chi connectivity index (χ3v) is 3.51. The quantitative estimate of drug-likeness (QED) is 0.611. The number of hydrogen-bond acceptors (Lipinski definition) is 3. The molecule has 0 aliphatic heterocycles. The number of aromatic carboxylic acids is 1. The lowest BCUT2D eigenvalue weighted by Crippen LogP contribution is -2.00. The number of nitrogen functional groups attached to an aromatic ring is 1. The molecular weight excluding hydrogens is 210 g/mol. The Kier molecular flexibility index (Phi) is 4.03. The highest BCUT2D eigenvalue weighted by Gasteiger charge is 2.09. The molecule has 1 atom stereocenters. The molecule has 0 saturated carbocycles. The summed E-state index contributed by atoms with van der Waals surface area (Å²) in [5.41, 5.74) is 6.71. The van der Waals surface area contributed by atoms with Gasteiger partial charge < -0.3 is 10.8 Å². The van der Waals surface area contributed by atoms with Crippen LogP contribution in [0.1, 0.15) is 30.6 Å². The molecule has 0 bridgehead atoms. The lowest BCUT2D eigenvalue weighted by atomic mass is 10.2. The number of carbonyl (C=O) groups is 1. The Morgan fingerprint density at radius 1 is 1.60 bits per heavy atom. The van der Waals surface area contributed by atoms with Crippen LogP contribution in [0.3, 0.4) is 0 Å². The van der Waals surface area contributed by atoms with Crippen LogP contribution in [0.25, 0.3) is 0 Å². The van der Waals surface area contributed by atoms with Crippen molar-refractivity contribution in [1.82, 2.24) is 0 Å². The van der Waals surface area contributed by atoms with Gasteiger partial charge in [-0.3, -0.25) is 0 Å². The monoisotopic (exact) mass is 225 g/mol. The summed E-state index contributed by atoms with van der Waals surface area (Å²) in [6.45, 7) is 4.19. The van der Waals surface area contributed by atoms with Gasteiger partial charge in [0.1, 0.15) is 0 Å². The lowest BCUT2D eigenvalue weighted by Gasteiger charge is -2.10. The van der Waals surface area contributed by atoms with Gasteiger partial charge in [0.15, 0.2) is 0 Å². The number of anilines is 1. The molecule has 82 valence electrons. The second kappa shape index (κ2) is 5.07. The molecule has 0 fully saturated rings. The first-order chi connectivity index (χ1) is 7.04. The van der Waals surface area contributed by atoms with Crippen LogP contribution in [-0.4, -0.2) is 16.3 Å². The maximum atomic E-state index is 10.8. The van der Waals surface area contributed by atoms with Crippen LogP contribution in [-0.2, 0) is 0 Å². The van der Waals surface area contributed by atoms with Crippen LogP contribution < -0.4 is 5.73 Å². The molecule has 1 rings (SSSR count). The third-order valence-electron chi connectivity index (χ3n) is 2.16. The highest BCUT2D eigenvalue weighted by molar-refractivity contribution is 8.00. The third kappa shape index (κ3) is 3.16. The van der Waals surface area contributed by atoms with Crippen molar-refractivity contribution < 1.29 is 9.90 Å². The van der Waals surface area contributed by atoms with Gasteiger partial charge in [-0.2, -0.15) is 0 Å². The fraction of sp³-hybridized carbons (Fsp3) is 0.364. The number of benzene rings is 1. The lowest BCUT2D eigenvalue weighted by molar-refractivity contribution is 0.0696. The van der Waals surface area contributed by atoms with Gasteiger partial charge in [-0.25, -0.2) is 4.79 Å². The molecule has 1 aromatic rings. The standard InChI is InChI=1S/C11H15NO2S/c1-3-7(2)15-10-6-8(11(13)14)4-5-9(10)12/h4-7H,3,12H2,1-2H3,(H,13,14). The van der Waals surface area contributed by atoms with E-state index in [0.29, 0.717) is 10.9 Å². The van der Waals surface area contributed by atoms with E-state index in [4.69, 9.17) is 10.8 Å². The molecule has 15 heavy (non-hydrogen) atoms. The summed E-state index contributed by atoms with van der Waals surface area (Å²) in [5.74, 6) is -0.916. The highest BCUT2D eigenvalue weighted by Crippen LogP contribution is 2.30. The molecule has 0 radical (unpaired) electrons. The van der Waals surface area contributed by atoms with E-state index in [1.54, 1.807) is 23.9 Å². The molecule has 0 aliphatic rings. The molecular formula is C11H15NO2S. The Hall–Kier alpha value is -1.16. The van der Waals surface area contributed by atoms with Crippen LogP contribution in [0, 0.1) is 0 Å². The van der Waals surface area contributed by atoms with Crippen molar-refractivity contribution in [2.24, 2.45) is 0 Å². The summed E-state index contributed by atoms with van der Waals surface area (Å²) in [5, 5.41) is 9.28. The minimum Gasteiger partial charge on any atom is -0.478 e. The van der Waals surface area contributed by atoms with Crippen LogP contribution in [0.5, 0.6) is 0 Å². The van der Waals surface area contributed by atoms with Gasteiger partial charge in [0, 0.05) is 15.8 Å². The first kappa shape index (κ1) is 11.9. The molecule has 0 heterocycles. The molecule has 4 heteroatoms. The molecule has 3 N–H and O–H groups in total. The maximum absolute atomic E-state index is 10.8. The minimum absolute atomic E-state index is 0.287. The summed E-state index contributed by atoms with van der Waals surface area (Å²) in [7, 11) is 0. The summed E-state index contributed by atoms with van der Waals surface area (Å²) < 4.78 is 0. The highest BCUT2D eigenvalue weighted by atomic mass is 32.2. The van der Waals surface area contributed by atoms with Crippen LogP contribution in [0.4, 0.5) is 5.69 Å². The average molecular weight is 225 g/mol. The Bertz CT molecular complexity index is 366. The molecule has 0 aromatic heterocycles. The van der Waals surface area contributed by atoms with Crippen molar-refractivity contribution in [2.75, 3.05) is 5.73 Å².